The highest BCUT2D eigenvalue weighted by atomic mass is 35.5. The van der Waals surface area contributed by atoms with Crippen molar-refractivity contribution in [3.63, 3.8) is 0 Å². The Morgan fingerprint density at radius 1 is 1.12 bits per heavy atom. The second-order valence-corrected chi connectivity index (χ2v) is 7.40. The molecule has 26 heavy (non-hydrogen) atoms. The summed E-state index contributed by atoms with van der Waals surface area (Å²) in [5.41, 5.74) is 2.70. The summed E-state index contributed by atoms with van der Waals surface area (Å²) in [5, 5.41) is 21.1. The molecule has 3 rings (SSSR count). The largest absolute Gasteiger partial charge is 0.480 e. The average Bonchev–Trinajstić information content (AvgIpc) is 2.64. The van der Waals surface area contributed by atoms with Crippen molar-refractivity contribution in [1.82, 2.24) is 4.90 Å². The van der Waals surface area contributed by atoms with Crippen LogP contribution in [0.2, 0.25) is 5.02 Å². The Hall–Kier alpha value is -1.88. The first-order chi connectivity index (χ1) is 12.5. The number of hydrogen-bond acceptors (Lipinski definition) is 3. The Kier molecular flexibility index (Phi) is 5.97. The number of aliphatic carboxylic acids is 1. The number of nitrogens with zero attached hydrogens (tertiary/aromatic N) is 1. The minimum Gasteiger partial charge on any atom is -0.480 e. The molecule has 5 heteroatoms. The van der Waals surface area contributed by atoms with Crippen LogP contribution in [0.4, 0.5) is 0 Å². The number of hydrogen-bond donors (Lipinski definition) is 2. The third kappa shape index (κ3) is 4.09. The van der Waals surface area contributed by atoms with Crippen LogP contribution in [-0.2, 0) is 4.79 Å². The third-order valence-corrected chi connectivity index (χ3v) is 5.57. The summed E-state index contributed by atoms with van der Waals surface area (Å²) in [6.45, 7) is 3.25. The van der Waals surface area contributed by atoms with Gasteiger partial charge in [-0.2, -0.15) is 0 Å². The zero-order chi connectivity index (χ0) is 18.7. The number of rotatable bonds is 5. The van der Waals surface area contributed by atoms with Crippen LogP contribution < -0.4 is 0 Å². The number of aliphatic hydroxyl groups excluding tert-OH is 1. The molecule has 138 valence electrons. The number of piperidine rings is 1. The lowest BCUT2D eigenvalue weighted by Crippen LogP contribution is -2.41. The molecule has 0 bridgehead atoms. The topological polar surface area (TPSA) is 60.8 Å². The quantitative estimate of drug-likeness (QED) is 0.823. The van der Waals surface area contributed by atoms with Crippen LogP contribution >= 0.6 is 11.6 Å². The minimum atomic E-state index is -0.823. The van der Waals surface area contributed by atoms with Crippen LogP contribution in [0.15, 0.2) is 48.5 Å². The number of carbonyl (C=O) groups is 1. The maximum Gasteiger partial charge on any atom is 0.325 e. The highest BCUT2D eigenvalue weighted by Gasteiger charge is 2.33. The molecule has 1 heterocycles. The molecule has 0 amide bonds. The monoisotopic (exact) mass is 373 g/mol. The number of carboxylic acid groups (broad SMARTS) is 1. The van der Waals surface area contributed by atoms with Crippen molar-refractivity contribution in [3.05, 3.63) is 70.2 Å². The van der Waals surface area contributed by atoms with E-state index in [2.05, 4.69) is 0 Å². The van der Waals surface area contributed by atoms with Crippen LogP contribution in [0.3, 0.4) is 0 Å². The predicted molar refractivity (Wildman–Crippen MR) is 102 cm³/mol. The summed E-state index contributed by atoms with van der Waals surface area (Å²) in [6.07, 6.45) is 0.981. The molecule has 0 aromatic heterocycles. The highest BCUT2D eigenvalue weighted by Crippen LogP contribution is 2.34. The molecule has 2 unspecified atom stereocenters. The highest BCUT2D eigenvalue weighted by molar-refractivity contribution is 6.30. The number of aryl methyl sites for hydroxylation is 1. The summed E-state index contributed by atoms with van der Waals surface area (Å²) in [6, 6.07) is 14.3. The molecule has 0 saturated carbocycles. The van der Waals surface area contributed by atoms with Gasteiger partial charge in [-0.1, -0.05) is 48.0 Å². The smallest absolute Gasteiger partial charge is 0.325 e. The van der Waals surface area contributed by atoms with Gasteiger partial charge in [-0.15, -0.1) is 0 Å². The second-order valence-electron chi connectivity index (χ2n) is 6.97. The number of carboxylic acids is 1. The first-order valence-electron chi connectivity index (χ1n) is 8.93. The lowest BCUT2D eigenvalue weighted by atomic mass is 9.86. The molecule has 1 saturated heterocycles. The van der Waals surface area contributed by atoms with E-state index >= 15 is 0 Å². The van der Waals surface area contributed by atoms with Gasteiger partial charge in [0.05, 0.1) is 6.10 Å². The van der Waals surface area contributed by atoms with Crippen molar-refractivity contribution in [3.8, 4) is 0 Å². The summed E-state index contributed by atoms with van der Waals surface area (Å²) < 4.78 is 0. The molecule has 2 atom stereocenters. The Bertz CT molecular complexity index is 754. The Labute approximate surface area is 159 Å². The van der Waals surface area contributed by atoms with Gasteiger partial charge in [0.15, 0.2) is 0 Å². The Morgan fingerprint density at radius 3 is 2.31 bits per heavy atom. The lowest BCUT2D eigenvalue weighted by Gasteiger charge is -2.37. The van der Waals surface area contributed by atoms with Crippen LogP contribution in [-0.4, -0.2) is 34.2 Å². The molecule has 0 radical (unpaired) electrons. The van der Waals surface area contributed by atoms with Gasteiger partial charge >= 0.3 is 5.97 Å². The zero-order valence-corrected chi connectivity index (χ0v) is 15.6. The van der Waals surface area contributed by atoms with Gasteiger partial charge in [0.1, 0.15) is 6.04 Å². The normalized spacial score (nSPS) is 18.4. The van der Waals surface area contributed by atoms with E-state index in [1.807, 2.05) is 48.2 Å². The van der Waals surface area contributed by atoms with E-state index in [0.29, 0.717) is 18.1 Å². The maximum atomic E-state index is 11.9. The van der Waals surface area contributed by atoms with E-state index in [1.54, 1.807) is 12.1 Å². The molecule has 1 aliphatic heterocycles. The standard InChI is InChI=1S/C21H24ClNO3/c1-14-4-2-3-5-18(14)19(21(25)26)23-12-10-16(11-13-23)20(24)15-6-8-17(22)9-7-15/h2-9,16,19-20,24H,10-13H2,1H3,(H,25,26). The summed E-state index contributed by atoms with van der Waals surface area (Å²) in [4.78, 5) is 13.9. The van der Waals surface area contributed by atoms with Crippen LogP contribution in [0.5, 0.6) is 0 Å². The lowest BCUT2D eigenvalue weighted by molar-refractivity contribution is -0.144. The SMILES string of the molecule is Cc1ccccc1C(C(=O)O)N1CCC(C(O)c2ccc(Cl)cc2)CC1. The van der Waals surface area contributed by atoms with Gasteiger partial charge in [0.2, 0.25) is 0 Å². The van der Waals surface area contributed by atoms with Gasteiger partial charge < -0.3 is 10.2 Å². The second kappa shape index (κ2) is 8.21. The molecule has 1 fully saturated rings. The fraction of sp³-hybridized carbons (Fsp3) is 0.381. The van der Waals surface area contributed by atoms with Gasteiger partial charge in [-0.25, -0.2) is 0 Å². The minimum absolute atomic E-state index is 0.124. The molecular weight excluding hydrogens is 350 g/mol. The first kappa shape index (κ1) is 18.9. The van der Waals surface area contributed by atoms with Gasteiger partial charge in [0, 0.05) is 5.02 Å². The van der Waals surface area contributed by atoms with Crippen LogP contribution in [0.25, 0.3) is 0 Å². The zero-order valence-electron chi connectivity index (χ0n) is 14.8. The van der Waals surface area contributed by atoms with Gasteiger partial charge in [0.25, 0.3) is 0 Å². The maximum absolute atomic E-state index is 11.9. The van der Waals surface area contributed by atoms with Crippen molar-refractivity contribution in [2.75, 3.05) is 13.1 Å². The Balaban J connectivity index is 1.69. The molecule has 0 aliphatic carbocycles. The van der Waals surface area contributed by atoms with Crippen molar-refractivity contribution in [1.29, 1.82) is 0 Å². The van der Waals surface area contributed by atoms with Crippen LogP contribution in [0.1, 0.15) is 41.7 Å². The van der Waals surface area contributed by atoms with Gasteiger partial charge in [-0.3, -0.25) is 9.69 Å². The summed E-state index contributed by atoms with van der Waals surface area (Å²) in [5.74, 6) is -0.699. The molecule has 0 spiro atoms. The van der Waals surface area contributed by atoms with Crippen LogP contribution in [0, 0.1) is 12.8 Å². The van der Waals surface area contributed by atoms with E-state index in [4.69, 9.17) is 11.6 Å². The molecule has 4 nitrogen and oxygen atoms in total. The molecule has 1 aliphatic rings. The van der Waals surface area contributed by atoms with E-state index < -0.39 is 18.1 Å². The number of aliphatic hydroxyl groups is 1. The number of benzene rings is 2. The molecule has 2 aromatic rings. The average molecular weight is 374 g/mol. The summed E-state index contributed by atoms with van der Waals surface area (Å²) in [7, 11) is 0. The van der Waals surface area contributed by atoms with Crippen molar-refractivity contribution >= 4 is 17.6 Å². The Morgan fingerprint density at radius 2 is 1.73 bits per heavy atom. The fourth-order valence-electron chi connectivity index (χ4n) is 3.80. The van der Waals surface area contributed by atoms with E-state index in [0.717, 1.165) is 29.5 Å². The summed E-state index contributed by atoms with van der Waals surface area (Å²) >= 11 is 5.91. The predicted octanol–water partition coefficient (Wildman–Crippen LogP) is 4.22. The van der Waals surface area contributed by atoms with E-state index in [-0.39, 0.29) is 5.92 Å². The van der Waals surface area contributed by atoms with Crippen molar-refractivity contribution in [2.45, 2.75) is 31.9 Å². The van der Waals surface area contributed by atoms with Crippen molar-refractivity contribution < 1.29 is 15.0 Å². The first-order valence-corrected chi connectivity index (χ1v) is 9.31. The number of likely N-dealkylation sites (tertiary alicyclic amines) is 1. The van der Waals surface area contributed by atoms with E-state index in [9.17, 15) is 15.0 Å². The van der Waals surface area contributed by atoms with E-state index in [1.165, 1.54) is 0 Å². The third-order valence-electron chi connectivity index (χ3n) is 5.31. The molecule has 2 aromatic carbocycles. The number of halogens is 1. The molecular formula is C21H24ClNO3. The molecule has 2 N–H and O–H groups in total. The fourth-order valence-corrected chi connectivity index (χ4v) is 3.93. The van der Waals surface area contributed by atoms with Crippen molar-refractivity contribution in [2.24, 2.45) is 5.92 Å². The van der Waals surface area contributed by atoms with Gasteiger partial charge in [-0.05, 0) is 67.6 Å².